The number of carbonyl (C=O) groups excluding carboxylic acids is 1. The number of benzene rings is 1. The number of hydrogen-bond donors (Lipinski definition) is 1. The summed E-state index contributed by atoms with van der Waals surface area (Å²) < 4.78 is 0. The van der Waals surface area contributed by atoms with Crippen molar-refractivity contribution in [3.8, 4) is 0 Å². The standard InChI is InChI=1S/C18H24N4O/c1-21(2)11-7-10-20-18(23)15-12-17(14-19-13-15)22(3)16-8-5-4-6-9-16/h4-6,8-9,12-14H,7,10-11H2,1-3H3,(H,20,23). The molecule has 0 aliphatic carbocycles. The van der Waals surface area contributed by atoms with Gasteiger partial charge in [0.25, 0.3) is 5.91 Å². The number of rotatable bonds is 7. The van der Waals surface area contributed by atoms with Gasteiger partial charge in [0, 0.05) is 25.5 Å². The van der Waals surface area contributed by atoms with Gasteiger partial charge < -0.3 is 15.1 Å². The fraction of sp³-hybridized carbons (Fsp3) is 0.333. The largest absolute Gasteiger partial charge is 0.352 e. The first kappa shape index (κ1) is 17.0. The molecule has 0 saturated heterocycles. The lowest BCUT2D eigenvalue weighted by molar-refractivity contribution is 0.0952. The molecule has 0 atom stereocenters. The number of para-hydroxylation sites is 1. The Bertz CT molecular complexity index is 628. The molecule has 23 heavy (non-hydrogen) atoms. The van der Waals surface area contributed by atoms with Gasteiger partial charge in [0.1, 0.15) is 0 Å². The summed E-state index contributed by atoms with van der Waals surface area (Å²) >= 11 is 0. The molecule has 1 aromatic carbocycles. The number of carbonyl (C=O) groups is 1. The fourth-order valence-electron chi connectivity index (χ4n) is 2.24. The van der Waals surface area contributed by atoms with E-state index in [1.165, 1.54) is 0 Å². The quantitative estimate of drug-likeness (QED) is 0.798. The molecule has 0 radical (unpaired) electrons. The number of pyridine rings is 1. The SMILES string of the molecule is CN(C)CCCNC(=O)c1cncc(N(C)c2ccccc2)c1. The van der Waals surface area contributed by atoms with Crippen LogP contribution in [0.4, 0.5) is 11.4 Å². The summed E-state index contributed by atoms with van der Waals surface area (Å²) in [6.45, 7) is 1.62. The molecule has 0 saturated carbocycles. The third-order valence-corrected chi connectivity index (χ3v) is 3.58. The van der Waals surface area contributed by atoms with Crippen molar-refractivity contribution in [3.05, 3.63) is 54.4 Å². The summed E-state index contributed by atoms with van der Waals surface area (Å²) in [6, 6.07) is 11.9. The van der Waals surface area contributed by atoms with Gasteiger partial charge in [-0.05, 0) is 45.3 Å². The van der Waals surface area contributed by atoms with Gasteiger partial charge in [-0.1, -0.05) is 18.2 Å². The molecule has 0 unspecified atom stereocenters. The minimum atomic E-state index is -0.0837. The first-order chi connectivity index (χ1) is 11.1. The van der Waals surface area contributed by atoms with Crippen molar-refractivity contribution in [1.82, 2.24) is 15.2 Å². The molecule has 0 fully saturated rings. The van der Waals surface area contributed by atoms with Gasteiger partial charge in [-0.3, -0.25) is 9.78 Å². The minimum Gasteiger partial charge on any atom is -0.352 e. The summed E-state index contributed by atoms with van der Waals surface area (Å²) in [7, 11) is 6.01. The van der Waals surface area contributed by atoms with E-state index >= 15 is 0 Å². The minimum absolute atomic E-state index is 0.0837. The summed E-state index contributed by atoms with van der Waals surface area (Å²) in [5, 5.41) is 2.94. The Morgan fingerprint density at radius 3 is 2.52 bits per heavy atom. The molecule has 0 aliphatic heterocycles. The van der Waals surface area contributed by atoms with Crippen LogP contribution in [0.25, 0.3) is 0 Å². The molecule has 1 aromatic heterocycles. The third-order valence-electron chi connectivity index (χ3n) is 3.58. The summed E-state index contributed by atoms with van der Waals surface area (Å²) in [5.74, 6) is -0.0837. The smallest absolute Gasteiger partial charge is 0.252 e. The topological polar surface area (TPSA) is 48.5 Å². The van der Waals surface area contributed by atoms with Crippen molar-refractivity contribution in [3.63, 3.8) is 0 Å². The molecule has 122 valence electrons. The Labute approximate surface area is 137 Å². The Morgan fingerprint density at radius 1 is 1.09 bits per heavy atom. The molecule has 1 N–H and O–H groups in total. The Kier molecular flexibility index (Phi) is 6.11. The van der Waals surface area contributed by atoms with Crippen LogP contribution in [0.2, 0.25) is 0 Å². The lowest BCUT2D eigenvalue weighted by Crippen LogP contribution is -2.27. The molecule has 5 nitrogen and oxygen atoms in total. The predicted octanol–water partition coefficient (Wildman–Crippen LogP) is 2.53. The molecule has 5 heteroatoms. The normalized spacial score (nSPS) is 10.6. The molecular formula is C18H24N4O. The first-order valence-electron chi connectivity index (χ1n) is 7.74. The summed E-state index contributed by atoms with van der Waals surface area (Å²) in [4.78, 5) is 20.5. The van der Waals surface area contributed by atoms with Gasteiger partial charge in [0.2, 0.25) is 0 Å². The van der Waals surface area contributed by atoms with E-state index in [9.17, 15) is 4.79 Å². The Balaban J connectivity index is 2.00. The average Bonchev–Trinajstić information content (AvgIpc) is 2.58. The van der Waals surface area contributed by atoms with Gasteiger partial charge >= 0.3 is 0 Å². The molecule has 0 bridgehead atoms. The van der Waals surface area contributed by atoms with E-state index in [4.69, 9.17) is 0 Å². The van der Waals surface area contributed by atoms with E-state index in [2.05, 4.69) is 15.2 Å². The zero-order valence-corrected chi connectivity index (χ0v) is 14.0. The lowest BCUT2D eigenvalue weighted by atomic mass is 10.2. The van der Waals surface area contributed by atoms with Crippen molar-refractivity contribution < 1.29 is 4.79 Å². The van der Waals surface area contributed by atoms with E-state index in [0.29, 0.717) is 12.1 Å². The average molecular weight is 312 g/mol. The number of anilines is 2. The van der Waals surface area contributed by atoms with Crippen molar-refractivity contribution >= 4 is 17.3 Å². The number of nitrogens with one attached hydrogen (secondary N) is 1. The second kappa shape index (κ2) is 8.29. The summed E-state index contributed by atoms with van der Waals surface area (Å²) in [6.07, 6.45) is 4.29. The van der Waals surface area contributed by atoms with E-state index in [1.807, 2.05) is 62.4 Å². The van der Waals surface area contributed by atoms with Crippen LogP contribution < -0.4 is 10.2 Å². The van der Waals surface area contributed by atoms with E-state index < -0.39 is 0 Å². The highest BCUT2D eigenvalue weighted by Gasteiger charge is 2.09. The van der Waals surface area contributed by atoms with Gasteiger partial charge in [-0.25, -0.2) is 0 Å². The van der Waals surface area contributed by atoms with Gasteiger partial charge in [-0.15, -0.1) is 0 Å². The van der Waals surface area contributed by atoms with Gasteiger partial charge in [0.15, 0.2) is 0 Å². The van der Waals surface area contributed by atoms with Gasteiger partial charge in [0.05, 0.1) is 17.4 Å². The second-order valence-corrected chi connectivity index (χ2v) is 5.74. The van der Waals surface area contributed by atoms with Crippen LogP contribution in [-0.2, 0) is 0 Å². The molecule has 1 heterocycles. The Morgan fingerprint density at radius 2 is 1.83 bits per heavy atom. The number of aromatic nitrogens is 1. The molecule has 0 spiro atoms. The third kappa shape index (κ3) is 5.07. The van der Waals surface area contributed by atoms with E-state index in [-0.39, 0.29) is 5.91 Å². The van der Waals surface area contributed by atoms with Crippen LogP contribution in [0.1, 0.15) is 16.8 Å². The molecular weight excluding hydrogens is 288 g/mol. The summed E-state index contributed by atoms with van der Waals surface area (Å²) in [5.41, 5.74) is 2.52. The van der Waals surface area contributed by atoms with Crippen molar-refractivity contribution in [2.45, 2.75) is 6.42 Å². The second-order valence-electron chi connectivity index (χ2n) is 5.74. The van der Waals surface area contributed by atoms with Crippen molar-refractivity contribution in [1.29, 1.82) is 0 Å². The molecule has 2 aromatic rings. The maximum Gasteiger partial charge on any atom is 0.252 e. The highest BCUT2D eigenvalue weighted by Crippen LogP contribution is 2.22. The fourth-order valence-corrected chi connectivity index (χ4v) is 2.24. The molecule has 0 aliphatic rings. The van der Waals surface area contributed by atoms with Crippen LogP contribution in [0, 0.1) is 0 Å². The monoisotopic (exact) mass is 312 g/mol. The lowest BCUT2D eigenvalue weighted by Gasteiger charge is -2.19. The number of hydrogen-bond acceptors (Lipinski definition) is 4. The zero-order valence-electron chi connectivity index (χ0n) is 14.0. The van der Waals surface area contributed by atoms with Crippen molar-refractivity contribution in [2.75, 3.05) is 39.1 Å². The van der Waals surface area contributed by atoms with E-state index in [1.54, 1.807) is 12.4 Å². The highest BCUT2D eigenvalue weighted by atomic mass is 16.1. The Hall–Kier alpha value is -2.40. The molecule has 2 rings (SSSR count). The van der Waals surface area contributed by atoms with Crippen LogP contribution in [0.5, 0.6) is 0 Å². The predicted molar refractivity (Wildman–Crippen MR) is 94.2 cm³/mol. The first-order valence-corrected chi connectivity index (χ1v) is 7.74. The number of nitrogens with zero attached hydrogens (tertiary/aromatic N) is 3. The van der Waals surface area contributed by atoms with Crippen LogP contribution in [0.3, 0.4) is 0 Å². The maximum absolute atomic E-state index is 12.2. The molecule has 1 amide bonds. The highest BCUT2D eigenvalue weighted by molar-refractivity contribution is 5.94. The van der Waals surface area contributed by atoms with Crippen LogP contribution >= 0.6 is 0 Å². The zero-order chi connectivity index (χ0) is 16.7. The van der Waals surface area contributed by atoms with E-state index in [0.717, 1.165) is 24.3 Å². The van der Waals surface area contributed by atoms with Gasteiger partial charge in [-0.2, -0.15) is 0 Å². The maximum atomic E-state index is 12.2. The van der Waals surface area contributed by atoms with Crippen LogP contribution in [-0.4, -0.2) is 50.0 Å². The van der Waals surface area contributed by atoms with Crippen molar-refractivity contribution in [2.24, 2.45) is 0 Å². The van der Waals surface area contributed by atoms with Crippen LogP contribution in [0.15, 0.2) is 48.8 Å². The number of amides is 1.